The quantitative estimate of drug-likeness (QED) is 0.153. The number of benzene rings is 10. The van der Waals surface area contributed by atoms with E-state index in [-0.39, 0.29) is 0 Å². The molecular formula is C63H40N4O. The predicted octanol–water partition coefficient (Wildman–Crippen LogP) is 16.5. The average molecular weight is 869 g/mol. The fourth-order valence-electron chi connectivity index (χ4n) is 9.87. The normalized spacial score (nSPS) is 11.5. The zero-order valence-electron chi connectivity index (χ0n) is 36.8. The highest BCUT2D eigenvalue weighted by molar-refractivity contribution is 6.24. The van der Waals surface area contributed by atoms with E-state index in [9.17, 15) is 0 Å². The number of hydrogen-bond donors (Lipinski definition) is 0. The van der Waals surface area contributed by atoms with Crippen molar-refractivity contribution in [2.24, 2.45) is 0 Å². The minimum absolute atomic E-state index is 0.581. The number of aromatic nitrogens is 4. The van der Waals surface area contributed by atoms with Crippen molar-refractivity contribution in [3.63, 3.8) is 0 Å². The first kappa shape index (κ1) is 39.2. The molecule has 0 amide bonds. The van der Waals surface area contributed by atoms with Gasteiger partial charge in [-0.3, -0.25) is 0 Å². The van der Waals surface area contributed by atoms with Gasteiger partial charge >= 0.3 is 0 Å². The Hall–Kier alpha value is -9.19. The van der Waals surface area contributed by atoms with Crippen LogP contribution in [0.15, 0.2) is 247 Å². The number of nitrogens with zero attached hydrogens (tertiary/aromatic N) is 4. The summed E-state index contributed by atoms with van der Waals surface area (Å²) in [6.45, 7) is 0. The first-order valence-electron chi connectivity index (χ1n) is 22.9. The molecule has 0 bridgehead atoms. The summed E-state index contributed by atoms with van der Waals surface area (Å²) >= 11 is 0. The van der Waals surface area contributed by atoms with Gasteiger partial charge in [-0.25, -0.2) is 15.0 Å². The summed E-state index contributed by atoms with van der Waals surface area (Å²) in [4.78, 5) is 15.6. The standard InChI is InChI=1S/C63H40N4O/c1-6-18-41(19-7-1)49-33-30-45(38-54(49)42-20-8-2-9-21-42)46-31-34-50(55(39-46)63-65-61(43-22-10-3-11-23-43)64-62(66-63)44-24-12-4-13-25-44)47-32-35-53-58(40-47)68-57-37-36-52-51-28-16-17-29-56(51)67(60(52)59(53)57)48-26-14-5-15-27-48/h1-40H. The van der Waals surface area contributed by atoms with Crippen LogP contribution in [0.5, 0.6) is 0 Å². The SMILES string of the molecule is c1ccc(-c2nc(-c3ccccc3)nc(-c3cc(-c4ccc(-c5ccccc5)c(-c5ccccc5)c4)ccc3-c3ccc4c(c3)oc3ccc5c6ccccc6n(-c6ccccc6)c5c34)n2)cc1. The van der Waals surface area contributed by atoms with Crippen LogP contribution in [0.25, 0.3) is 128 Å². The van der Waals surface area contributed by atoms with Crippen molar-refractivity contribution < 1.29 is 4.42 Å². The van der Waals surface area contributed by atoms with E-state index in [4.69, 9.17) is 19.4 Å². The zero-order valence-corrected chi connectivity index (χ0v) is 36.8. The highest BCUT2D eigenvalue weighted by atomic mass is 16.3. The molecule has 0 radical (unpaired) electrons. The van der Waals surface area contributed by atoms with Gasteiger partial charge in [0.15, 0.2) is 17.5 Å². The van der Waals surface area contributed by atoms with Crippen molar-refractivity contribution in [2.75, 3.05) is 0 Å². The minimum atomic E-state index is 0.581. The van der Waals surface area contributed by atoms with Crippen molar-refractivity contribution in [3.05, 3.63) is 243 Å². The second-order valence-electron chi connectivity index (χ2n) is 17.1. The fourth-order valence-corrected chi connectivity index (χ4v) is 9.87. The third kappa shape index (κ3) is 6.76. The van der Waals surface area contributed by atoms with Crippen molar-refractivity contribution >= 4 is 43.7 Å². The first-order valence-corrected chi connectivity index (χ1v) is 22.9. The Balaban J connectivity index is 1.04. The Bertz CT molecular complexity index is 3940. The van der Waals surface area contributed by atoms with E-state index in [1.54, 1.807) is 0 Å². The molecule has 0 aliphatic heterocycles. The lowest BCUT2D eigenvalue weighted by Crippen LogP contribution is -2.01. The van der Waals surface area contributed by atoms with Crippen LogP contribution in [0.2, 0.25) is 0 Å². The lowest BCUT2D eigenvalue weighted by atomic mass is 9.89. The molecule has 10 aromatic carbocycles. The molecule has 5 nitrogen and oxygen atoms in total. The average Bonchev–Trinajstić information content (AvgIpc) is 3.97. The summed E-state index contributed by atoms with van der Waals surface area (Å²) in [7, 11) is 0. The molecule has 0 N–H and O–H groups in total. The van der Waals surface area contributed by atoms with Gasteiger partial charge in [-0.05, 0) is 99.1 Å². The van der Waals surface area contributed by atoms with Crippen LogP contribution < -0.4 is 0 Å². The molecule has 0 saturated heterocycles. The van der Waals surface area contributed by atoms with Crippen LogP contribution in [0.1, 0.15) is 0 Å². The van der Waals surface area contributed by atoms with Crippen molar-refractivity contribution in [1.82, 2.24) is 19.5 Å². The van der Waals surface area contributed by atoms with Crippen LogP contribution in [0.4, 0.5) is 0 Å². The van der Waals surface area contributed by atoms with E-state index in [0.717, 1.165) is 88.7 Å². The maximum atomic E-state index is 6.85. The smallest absolute Gasteiger partial charge is 0.164 e. The highest BCUT2D eigenvalue weighted by Gasteiger charge is 2.22. The number of rotatable bonds is 8. The van der Waals surface area contributed by atoms with Gasteiger partial charge < -0.3 is 8.98 Å². The van der Waals surface area contributed by atoms with E-state index in [0.29, 0.717) is 17.5 Å². The molecule has 3 heterocycles. The molecule has 0 saturated carbocycles. The maximum absolute atomic E-state index is 6.85. The van der Waals surface area contributed by atoms with E-state index in [1.807, 2.05) is 60.7 Å². The summed E-state index contributed by atoms with van der Waals surface area (Å²) in [5.41, 5.74) is 16.5. The Morgan fingerprint density at radius 2 is 0.779 bits per heavy atom. The van der Waals surface area contributed by atoms with Crippen molar-refractivity contribution in [1.29, 1.82) is 0 Å². The Morgan fingerprint density at radius 3 is 1.41 bits per heavy atom. The van der Waals surface area contributed by atoms with Gasteiger partial charge in [-0.2, -0.15) is 0 Å². The Kier molecular flexibility index (Phi) is 9.43. The molecule has 0 aliphatic carbocycles. The molecule has 0 unspecified atom stereocenters. The van der Waals surface area contributed by atoms with Gasteiger partial charge in [0.2, 0.25) is 0 Å². The van der Waals surface area contributed by atoms with Gasteiger partial charge in [0.25, 0.3) is 0 Å². The Labute approximate surface area is 392 Å². The summed E-state index contributed by atoms with van der Waals surface area (Å²) in [5, 5.41) is 4.53. The maximum Gasteiger partial charge on any atom is 0.164 e. The molecule has 3 aromatic heterocycles. The third-order valence-corrected chi connectivity index (χ3v) is 13.1. The molecular weight excluding hydrogens is 829 g/mol. The molecule has 13 rings (SSSR count). The van der Waals surface area contributed by atoms with Crippen molar-refractivity contribution in [3.8, 4) is 84.4 Å². The summed E-state index contributed by atoms with van der Waals surface area (Å²) < 4.78 is 9.22. The van der Waals surface area contributed by atoms with E-state index < -0.39 is 0 Å². The van der Waals surface area contributed by atoms with Gasteiger partial charge in [-0.1, -0.05) is 188 Å². The topological polar surface area (TPSA) is 56.7 Å². The highest BCUT2D eigenvalue weighted by Crippen LogP contribution is 2.44. The van der Waals surface area contributed by atoms with E-state index in [2.05, 4.69) is 187 Å². The molecule has 0 atom stereocenters. The van der Waals surface area contributed by atoms with Crippen LogP contribution in [-0.4, -0.2) is 19.5 Å². The fraction of sp³-hybridized carbons (Fsp3) is 0. The summed E-state index contributed by atoms with van der Waals surface area (Å²) in [6.07, 6.45) is 0. The largest absolute Gasteiger partial charge is 0.456 e. The third-order valence-electron chi connectivity index (χ3n) is 13.1. The summed E-state index contributed by atoms with van der Waals surface area (Å²) in [6, 6.07) is 85.1. The lowest BCUT2D eigenvalue weighted by molar-refractivity contribution is 0.669. The van der Waals surface area contributed by atoms with Crippen molar-refractivity contribution in [2.45, 2.75) is 0 Å². The Morgan fingerprint density at radius 1 is 0.294 bits per heavy atom. The zero-order chi connectivity index (χ0) is 45.0. The second-order valence-corrected chi connectivity index (χ2v) is 17.1. The first-order chi connectivity index (χ1) is 33.7. The minimum Gasteiger partial charge on any atom is -0.456 e. The molecule has 0 aliphatic rings. The van der Waals surface area contributed by atoms with Gasteiger partial charge in [0, 0.05) is 38.5 Å². The van der Waals surface area contributed by atoms with Gasteiger partial charge in [0.1, 0.15) is 11.2 Å². The molecule has 318 valence electrons. The number of hydrogen-bond acceptors (Lipinski definition) is 4. The lowest BCUT2D eigenvalue weighted by Gasteiger charge is -2.16. The van der Waals surface area contributed by atoms with Gasteiger partial charge in [0.05, 0.1) is 16.4 Å². The molecule has 5 heteroatoms. The van der Waals surface area contributed by atoms with E-state index >= 15 is 0 Å². The van der Waals surface area contributed by atoms with Crippen LogP contribution in [-0.2, 0) is 0 Å². The van der Waals surface area contributed by atoms with Crippen LogP contribution in [0.3, 0.4) is 0 Å². The van der Waals surface area contributed by atoms with Crippen LogP contribution in [0, 0.1) is 0 Å². The summed E-state index contributed by atoms with van der Waals surface area (Å²) in [5.74, 6) is 1.79. The van der Waals surface area contributed by atoms with Crippen LogP contribution >= 0.6 is 0 Å². The molecule has 68 heavy (non-hydrogen) atoms. The van der Waals surface area contributed by atoms with Gasteiger partial charge in [-0.15, -0.1) is 0 Å². The number of furan rings is 1. The van der Waals surface area contributed by atoms with E-state index in [1.165, 1.54) is 21.9 Å². The molecule has 13 aromatic rings. The number of para-hydroxylation sites is 2. The molecule has 0 spiro atoms. The number of fused-ring (bicyclic) bond motifs is 7. The monoisotopic (exact) mass is 868 g/mol. The molecule has 0 fully saturated rings. The second kappa shape index (κ2) is 16.4. The predicted molar refractivity (Wildman–Crippen MR) is 279 cm³/mol.